The number of fused-ring (bicyclic) bond motifs is 1. The molecule has 1 aromatic heterocycles. The molecule has 0 unspecified atom stereocenters. The maximum Gasteiger partial charge on any atom is 0.227 e. The number of aromatic nitrogens is 1. The van der Waals surface area contributed by atoms with E-state index in [1.165, 1.54) is 10.9 Å². The van der Waals surface area contributed by atoms with Gasteiger partial charge in [-0.1, -0.05) is 39.0 Å². The van der Waals surface area contributed by atoms with E-state index in [-0.39, 0.29) is 11.3 Å². The minimum absolute atomic E-state index is 0.263. The molecule has 1 amide bonds. The molecule has 1 aliphatic rings. The van der Waals surface area contributed by atoms with Crippen molar-refractivity contribution in [2.24, 2.45) is 5.41 Å². The Balaban J connectivity index is 1.74. The lowest BCUT2D eigenvalue weighted by Gasteiger charge is -2.28. The number of aryl methyl sites for hydroxylation is 1. The number of hydrogen-bond acceptors (Lipinski definition) is 3. The number of carbonyl (C=O) groups is 1. The van der Waals surface area contributed by atoms with Crippen LogP contribution in [0.1, 0.15) is 38.4 Å². The molecule has 1 fully saturated rings. The van der Waals surface area contributed by atoms with E-state index in [0.29, 0.717) is 0 Å². The molecule has 1 saturated heterocycles. The summed E-state index contributed by atoms with van der Waals surface area (Å²) >= 11 is 0. The van der Waals surface area contributed by atoms with E-state index < -0.39 is 0 Å². The highest BCUT2D eigenvalue weighted by Crippen LogP contribution is 2.22. The molecule has 25 heavy (non-hydrogen) atoms. The molecule has 2 aromatic rings. The van der Waals surface area contributed by atoms with E-state index in [1.54, 1.807) is 0 Å². The summed E-state index contributed by atoms with van der Waals surface area (Å²) in [5.41, 5.74) is 3.16. The summed E-state index contributed by atoms with van der Waals surface area (Å²) in [4.78, 5) is 21.7. The predicted molar refractivity (Wildman–Crippen MR) is 102 cm³/mol. The Labute approximate surface area is 150 Å². The van der Waals surface area contributed by atoms with Gasteiger partial charge in [-0.2, -0.15) is 0 Å². The third kappa shape index (κ3) is 4.18. The Bertz CT molecular complexity index is 763. The van der Waals surface area contributed by atoms with Gasteiger partial charge in [-0.25, -0.2) is 0 Å². The van der Waals surface area contributed by atoms with E-state index >= 15 is 0 Å². The molecule has 0 bridgehead atoms. The number of para-hydroxylation sites is 1. The average Bonchev–Trinajstić information content (AvgIpc) is 2.78. The van der Waals surface area contributed by atoms with Gasteiger partial charge in [-0.15, -0.1) is 0 Å². The first-order valence-corrected chi connectivity index (χ1v) is 9.21. The summed E-state index contributed by atoms with van der Waals surface area (Å²) in [7, 11) is 0. The normalized spacial score (nSPS) is 16.9. The van der Waals surface area contributed by atoms with Crippen LogP contribution in [0.25, 0.3) is 10.9 Å². The molecule has 0 saturated carbocycles. The number of carbonyl (C=O) groups excluding carboxylic acids is 1. The molecule has 0 atom stereocenters. The average molecular weight is 339 g/mol. The Morgan fingerprint density at radius 3 is 2.64 bits per heavy atom. The molecule has 1 aliphatic heterocycles. The number of benzene rings is 1. The second kappa shape index (κ2) is 7.12. The van der Waals surface area contributed by atoms with Gasteiger partial charge in [0.2, 0.25) is 5.91 Å². The smallest absolute Gasteiger partial charge is 0.227 e. The molecule has 134 valence electrons. The standard InChI is InChI=1S/C21H29N3O/c1-16-14-17(18-8-5-6-9-19(18)22-16)15-23-10-7-11-24(13-12-23)20(25)21(2,3)4/h5-6,8-9,14H,7,10-13,15H2,1-4H3. The first kappa shape index (κ1) is 17.9. The number of amides is 1. The van der Waals surface area contributed by atoms with Crippen LogP contribution < -0.4 is 0 Å². The first-order chi connectivity index (χ1) is 11.8. The molecule has 1 aromatic carbocycles. The van der Waals surface area contributed by atoms with Crippen LogP contribution in [-0.2, 0) is 11.3 Å². The van der Waals surface area contributed by atoms with Crippen molar-refractivity contribution in [3.05, 3.63) is 41.6 Å². The van der Waals surface area contributed by atoms with Crippen LogP contribution in [0.3, 0.4) is 0 Å². The van der Waals surface area contributed by atoms with Gasteiger partial charge in [0.25, 0.3) is 0 Å². The molecular weight excluding hydrogens is 310 g/mol. The monoisotopic (exact) mass is 339 g/mol. The van der Waals surface area contributed by atoms with E-state index in [9.17, 15) is 4.79 Å². The molecule has 0 N–H and O–H groups in total. The van der Waals surface area contributed by atoms with E-state index in [4.69, 9.17) is 0 Å². The zero-order chi connectivity index (χ0) is 18.0. The van der Waals surface area contributed by atoms with Gasteiger partial charge in [0.1, 0.15) is 0 Å². The molecule has 0 radical (unpaired) electrons. The van der Waals surface area contributed by atoms with E-state index in [2.05, 4.69) is 41.1 Å². The van der Waals surface area contributed by atoms with Crippen molar-refractivity contribution in [1.82, 2.24) is 14.8 Å². The lowest BCUT2D eigenvalue weighted by Crippen LogP contribution is -2.41. The fourth-order valence-electron chi connectivity index (χ4n) is 3.57. The van der Waals surface area contributed by atoms with Crippen LogP contribution in [0.2, 0.25) is 0 Å². The molecule has 0 spiro atoms. The highest BCUT2D eigenvalue weighted by Gasteiger charge is 2.28. The van der Waals surface area contributed by atoms with Gasteiger partial charge >= 0.3 is 0 Å². The zero-order valence-corrected chi connectivity index (χ0v) is 15.9. The van der Waals surface area contributed by atoms with Crippen molar-refractivity contribution in [3.63, 3.8) is 0 Å². The van der Waals surface area contributed by atoms with Gasteiger partial charge in [0.05, 0.1) is 5.52 Å². The SMILES string of the molecule is Cc1cc(CN2CCCN(C(=O)C(C)(C)C)CC2)c2ccccc2n1. The third-order valence-electron chi connectivity index (χ3n) is 4.84. The molecule has 3 rings (SSSR count). The van der Waals surface area contributed by atoms with Crippen molar-refractivity contribution in [3.8, 4) is 0 Å². The largest absolute Gasteiger partial charge is 0.341 e. The summed E-state index contributed by atoms with van der Waals surface area (Å²) in [6, 6.07) is 10.6. The van der Waals surface area contributed by atoms with Crippen LogP contribution in [0.5, 0.6) is 0 Å². The van der Waals surface area contributed by atoms with Crippen LogP contribution in [-0.4, -0.2) is 46.9 Å². The maximum absolute atomic E-state index is 12.6. The molecule has 2 heterocycles. The van der Waals surface area contributed by atoms with Crippen molar-refractivity contribution < 1.29 is 4.79 Å². The predicted octanol–water partition coefficient (Wildman–Crippen LogP) is 3.62. The summed E-state index contributed by atoms with van der Waals surface area (Å²) in [6.45, 7) is 12.6. The van der Waals surface area contributed by atoms with Crippen LogP contribution in [0, 0.1) is 12.3 Å². The van der Waals surface area contributed by atoms with Crippen LogP contribution >= 0.6 is 0 Å². The van der Waals surface area contributed by atoms with Gasteiger partial charge in [0, 0.05) is 49.2 Å². The fourth-order valence-corrected chi connectivity index (χ4v) is 3.57. The Hall–Kier alpha value is -1.94. The lowest BCUT2D eigenvalue weighted by atomic mass is 9.94. The number of hydrogen-bond donors (Lipinski definition) is 0. The van der Waals surface area contributed by atoms with Crippen LogP contribution in [0.4, 0.5) is 0 Å². The summed E-state index contributed by atoms with van der Waals surface area (Å²) in [6.07, 6.45) is 1.03. The first-order valence-electron chi connectivity index (χ1n) is 9.21. The quantitative estimate of drug-likeness (QED) is 0.838. The van der Waals surface area contributed by atoms with Gasteiger partial charge < -0.3 is 4.90 Å². The van der Waals surface area contributed by atoms with E-state index in [1.807, 2.05) is 31.7 Å². The third-order valence-corrected chi connectivity index (χ3v) is 4.84. The van der Waals surface area contributed by atoms with Gasteiger partial charge in [-0.3, -0.25) is 14.7 Å². The molecular formula is C21H29N3O. The zero-order valence-electron chi connectivity index (χ0n) is 15.9. The van der Waals surface area contributed by atoms with Crippen molar-refractivity contribution in [2.45, 2.75) is 40.7 Å². The Kier molecular flexibility index (Phi) is 5.09. The highest BCUT2D eigenvalue weighted by atomic mass is 16.2. The lowest BCUT2D eigenvalue weighted by molar-refractivity contribution is -0.139. The Morgan fingerprint density at radius 2 is 1.88 bits per heavy atom. The summed E-state index contributed by atoms with van der Waals surface area (Å²) < 4.78 is 0. The number of rotatable bonds is 2. The molecule has 4 nitrogen and oxygen atoms in total. The number of pyridine rings is 1. The van der Waals surface area contributed by atoms with Gasteiger partial charge in [-0.05, 0) is 31.0 Å². The highest BCUT2D eigenvalue weighted by molar-refractivity contribution is 5.82. The Morgan fingerprint density at radius 1 is 1.12 bits per heavy atom. The van der Waals surface area contributed by atoms with Crippen molar-refractivity contribution in [2.75, 3.05) is 26.2 Å². The second-order valence-corrected chi connectivity index (χ2v) is 8.11. The minimum atomic E-state index is -0.298. The summed E-state index contributed by atoms with van der Waals surface area (Å²) in [5.74, 6) is 0.263. The topological polar surface area (TPSA) is 36.4 Å². The van der Waals surface area contributed by atoms with Crippen molar-refractivity contribution in [1.29, 1.82) is 0 Å². The second-order valence-electron chi connectivity index (χ2n) is 8.11. The molecule has 0 aliphatic carbocycles. The number of nitrogens with zero attached hydrogens (tertiary/aromatic N) is 3. The van der Waals surface area contributed by atoms with E-state index in [0.717, 1.165) is 50.4 Å². The maximum atomic E-state index is 12.6. The van der Waals surface area contributed by atoms with Crippen molar-refractivity contribution >= 4 is 16.8 Å². The fraction of sp³-hybridized carbons (Fsp3) is 0.524. The van der Waals surface area contributed by atoms with Crippen LogP contribution in [0.15, 0.2) is 30.3 Å². The van der Waals surface area contributed by atoms with Gasteiger partial charge in [0.15, 0.2) is 0 Å². The minimum Gasteiger partial charge on any atom is -0.341 e. The summed E-state index contributed by atoms with van der Waals surface area (Å²) in [5, 5.41) is 1.24. The molecule has 4 heteroatoms.